The lowest BCUT2D eigenvalue weighted by atomic mass is 10.4. The number of halogens is 3. The normalized spacial score (nSPS) is 10.7. The van der Waals surface area contributed by atoms with Crippen LogP contribution in [0, 0.1) is 5.38 Å². The molecule has 2 aromatic rings. The van der Waals surface area contributed by atoms with Crippen LogP contribution in [-0.2, 0) is 0 Å². The molecule has 0 saturated carbocycles. The average molecular weight is 269 g/mol. The molecular formula is C8H2Cl3S2. The molecule has 0 aliphatic heterocycles. The third-order valence-corrected chi connectivity index (χ3v) is 5.00. The van der Waals surface area contributed by atoms with Crippen molar-refractivity contribution < 1.29 is 0 Å². The summed E-state index contributed by atoms with van der Waals surface area (Å²) in [7, 11) is 0. The standard InChI is InChI=1S/C8H2Cl3S2/c9-5-6(10)8(11)13-7(5)4-2-1-3-12-4/h1-2H. The lowest BCUT2D eigenvalue weighted by molar-refractivity contribution is 1.92. The summed E-state index contributed by atoms with van der Waals surface area (Å²) in [6, 6.07) is 3.78. The highest BCUT2D eigenvalue weighted by Crippen LogP contribution is 2.46. The van der Waals surface area contributed by atoms with Crippen molar-refractivity contribution >= 4 is 57.5 Å². The smallest absolute Gasteiger partial charge is 0.114 e. The van der Waals surface area contributed by atoms with Crippen molar-refractivity contribution in [2.45, 2.75) is 0 Å². The predicted octanol–water partition coefficient (Wildman–Crippen LogP) is 5.24. The molecule has 0 aromatic carbocycles. The van der Waals surface area contributed by atoms with Gasteiger partial charge in [0.1, 0.15) is 4.34 Å². The van der Waals surface area contributed by atoms with Crippen molar-refractivity contribution in [1.82, 2.24) is 0 Å². The molecule has 0 fully saturated rings. The zero-order valence-electron chi connectivity index (χ0n) is 6.11. The number of thiophene rings is 2. The molecule has 0 unspecified atom stereocenters. The van der Waals surface area contributed by atoms with Crippen LogP contribution < -0.4 is 0 Å². The summed E-state index contributed by atoms with van der Waals surface area (Å²) in [6.45, 7) is 0. The van der Waals surface area contributed by atoms with Gasteiger partial charge in [-0.3, -0.25) is 0 Å². The van der Waals surface area contributed by atoms with Gasteiger partial charge in [0.25, 0.3) is 0 Å². The fourth-order valence-electron chi connectivity index (χ4n) is 0.887. The third kappa shape index (κ3) is 1.74. The van der Waals surface area contributed by atoms with Crippen molar-refractivity contribution in [3.63, 3.8) is 0 Å². The monoisotopic (exact) mass is 267 g/mol. The summed E-state index contributed by atoms with van der Waals surface area (Å²) >= 11 is 20.6. The van der Waals surface area contributed by atoms with Crippen LogP contribution in [0.2, 0.25) is 14.4 Å². The lowest BCUT2D eigenvalue weighted by Crippen LogP contribution is -1.62. The van der Waals surface area contributed by atoms with E-state index < -0.39 is 0 Å². The average Bonchev–Trinajstić information content (AvgIpc) is 2.70. The molecule has 0 N–H and O–H groups in total. The van der Waals surface area contributed by atoms with Crippen molar-refractivity contribution in [2.75, 3.05) is 0 Å². The van der Waals surface area contributed by atoms with Crippen LogP contribution in [0.5, 0.6) is 0 Å². The van der Waals surface area contributed by atoms with Gasteiger partial charge in [0.05, 0.1) is 14.9 Å². The Kier molecular flexibility index (Phi) is 2.86. The number of hydrogen-bond acceptors (Lipinski definition) is 2. The summed E-state index contributed by atoms with van der Waals surface area (Å²) in [5.74, 6) is 0. The molecule has 13 heavy (non-hydrogen) atoms. The van der Waals surface area contributed by atoms with Gasteiger partial charge in [0, 0.05) is 10.3 Å². The number of hydrogen-bond donors (Lipinski definition) is 0. The fourth-order valence-corrected chi connectivity index (χ4v) is 3.53. The first kappa shape index (κ1) is 9.81. The Morgan fingerprint density at radius 2 is 1.92 bits per heavy atom. The highest BCUT2D eigenvalue weighted by Gasteiger charge is 2.15. The molecule has 0 bridgehead atoms. The second-order valence-corrected chi connectivity index (χ2v) is 5.51. The molecule has 2 rings (SSSR count). The van der Waals surface area contributed by atoms with E-state index in [1.807, 2.05) is 12.1 Å². The molecule has 5 heteroatoms. The second kappa shape index (κ2) is 3.79. The maximum Gasteiger partial charge on any atom is 0.114 e. The minimum atomic E-state index is 0.441. The highest BCUT2D eigenvalue weighted by molar-refractivity contribution is 7.24. The molecule has 0 amide bonds. The van der Waals surface area contributed by atoms with Gasteiger partial charge in [0.15, 0.2) is 0 Å². The van der Waals surface area contributed by atoms with Crippen LogP contribution in [0.3, 0.4) is 0 Å². The SMILES string of the molecule is Clc1sc(-c2cc[c]s2)c(Cl)c1Cl. The van der Waals surface area contributed by atoms with Crippen LogP contribution in [0.1, 0.15) is 0 Å². The summed E-state index contributed by atoms with van der Waals surface area (Å²) in [4.78, 5) is 1.96. The summed E-state index contributed by atoms with van der Waals surface area (Å²) in [5, 5.41) is 3.96. The first-order chi connectivity index (χ1) is 6.20. The Hall–Kier alpha value is 0.270. The topological polar surface area (TPSA) is 0 Å². The molecule has 0 spiro atoms. The van der Waals surface area contributed by atoms with Crippen LogP contribution in [0.15, 0.2) is 12.1 Å². The summed E-state index contributed by atoms with van der Waals surface area (Å²) in [6.07, 6.45) is 0. The largest absolute Gasteiger partial charge is 0.133 e. The lowest BCUT2D eigenvalue weighted by Gasteiger charge is -1.90. The van der Waals surface area contributed by atoms with E-state index in [1.165, 1.54) is 22.7 Å². The van der Waals surface area contributed by atoms with Gasteiger partial charge in [-0.05, 0) is 12.1 Å². The van der Waals surface area contributed by atoms with Crippen molar-refractivity contribution in [1.29, 1.82) is 0 Å². The fraction of sp³-hybridized carbons (Fsp3) is 0. The van der Waals surface area contributed by atoms with E-state index in [-0.39, 0.29) is 0 Å². The van der Waals surface area contributed by atoms with E-state index in [4.69, 9.17) is 34.8 Å². The highest BCUT2D eigenvalue weighted by atomic mass is 35.5. The Morgan fingerprint density at radius 1 is 1.15 bits per heavy atom. The summed E-state index contributed by atoms with van der Waals surface area (Å²) in [5.41, 5.74) is 0. The second-order valence-electron chi connectivity index (χ2n) is 2.25. The first-order valence-corrected chi connectivity index (χ1v) is 6.06. The van der Waals surface area contributed by atoms with Crippen LogP contribution in [-0.4, -0.2) is 0 Å². The van der Waals surface area contributed by atoms with Gasteiger partial charge in [-0.2, -0.15) is 0 Å². The maximum absolute atomic E-state index is 5.99. The summed E-state index contributed by atoms with van der Waals surface area (Å²) < 4.78 is 0.537. The zero-order chi connectivity index (χ0) is 9.42. The Balaban J connectivity index is 2.59. The minimum absolute atomic E-state index is 0.441. The quantitative estimate of drug-likeness (QED) is 0.664. The van der Waals surface area contributed by atoms with E-state index in [2.05, 4.69) is 5.38 Å². The van der Waals surface area contributed by atoms with Crippen molar-refractivity contribution in [2.24, 2.45) is 0 Å². The molecular weight excluding hydrogens is 267 g/mol. The van der Waals surface area contributed by atoms with Crippen molar-refractivity contribution in [3.8, 4) is 9.75 Å². The van der Waals surface area contributed by atoms with Gasteiger partial charge in [-0.1, -0.05) is 34.8 Å². The molecule has 2 heterocycles. The Morgan fingerprint density at radius 3 is 2.38 bits per heavy atom. The van der Waals surface area contributed by atoms with Gasteiger partial charge in [-0.15, -0.1) is 22.7 Å². The van der Waals surface area contributed by atoms with E-state index in [0.717, 1.165) is 9.75 Å². The Bertz CT molecular complexity index is 417. The third-order valence-electron chi connectivity index (χ3n) is 1.45. The molecule has 67 valence electrons. The first-order valence-electron chi connectivity index (χ1n) is 3.29. The van der Waals surface area contributed by atoms with Crippen molar-refractivity contribution in [3.05, 3.63) is 31.9 Å². The minimum Gasteiger partial charge on any atom is -0.133 e. The van der Waals surface area contributed by atoms with Gasteiger partial charge in [0.2, 0.25) is 0 Å². The molecule has 2 aromatic heterocycles. The molecule has 0 aliphatic rings. The van der Waals surface area contributed by atoms with Gasteiger partial charge >= 0.3 is 0 Å². The molecule has 1 radical (unpaired) electrons. The van der Waals surface area contributed by atoms with Crippen LogP contribution in [0.25, 0.3) is 9.75 Å². The molecule has 0 saturated heterocycles. The van der Waals surface area contributed by atoms with E-state index >= 15 is 0 Å². The number of rotatable bonds is 1. The molecule has 0 atom stereocenters. The van der Waals surface area contributed by atoms with E-state index in [0.29, 0.717) is 14.4 Å². The Labute approximate surface area is 98.7 Å². The van der Waals surface area contributed by atoms with Crippen LogP contribution >= 0.6 is 57.5 Å². The van der Waals surface area contributed by atoms with E-state index in [9.17, 15) is 0 Å². The zero-order valence-corrected chi connectivity index (χ0v) is 10.0. The van der Waals surface area contributed by atoms with E-state index in [1.54, 1.807) is 0 Å². The predicted molar refractivity (Wildman–Crippen MR) is 61.5 cm³/mol. The van der Waals surface area contributed by atoms with Crippen LogP contribution in [0.4, 0.5) is 0 Å². The maximum atomic E-state index is 5.99. The molecule has 0 aliphatic carbocycles. The van der Waals surface area contributed by atoms with Gasteiger partial charge < -0.3 is 0 Å². The van der Waals surface area contributed by atoms with Gasteiger partial charge in [-0.25, -0.2) is 0 Å². The molecule has 0 nitrogen and oxygen atoms in total.